The second-order valence-corrected chi connectivity index (χ2v) is 8.81. The Morgan fingerprint density at radius 3 is 2.53 bits per heavy atom. The third-order valence-electron chi connectivity index (χ3n) is 6.62. The highest BCUT2D eigenvalue weighted by Gasteiger charge is 2.27. The lowest BCUT2D eigenvalue weighted by Crippen LogP contribution is -2.40. The van der Waals surface area contributed by atoms with Gasteiger partial charge in [0.15, 0.2) is 11.5 Å². The maximum atomic E-state index is 13.0. The minimum atomic E-state index is -0.261. The van der Waals surface area contributed by atoms with Gasteiger partial charge in [0.1, 0.15) is 11.5 Å². The highest BCUT2D eigenvalue weighted by Crippen LogP contribution is 2.34. The Balaban J connectivity index is 1.53. The van der Waals surface area contributed by atoms with Crippen molar-refractivity contribution in [1.29, 1.82) is 0 Å². The maximum absolute atomic E-state index is 13.0. The Kier molecular flexibility index (Phi) is 7.53. The van der Waals surface area contributed by atoms with Gasteiger partial charge in [-0.3, -0.25) is 9.69 Å². The fourth-order valence-corrected chi connectivity index (χ4v) is 4.46. The van der Waals surface area contributed by atoms with Gasteiger partial charge in [-0.1, -0.05) is 23.7 Å². The topological polar surface area (TPSA) is 76.8 Å². The van der Waals surface area contributed by atoms with E-state index in [0.717, 1.165) is 54.1 Å². The van der Waals surface area contributed by atoms with E-state index in [0.29, 0.717) is 12.3 Å². The van der Waals surface area contributed by atoms with E-state index >= 15 is 0 Å². The highest BCUT2D eigenvalue weighted by molar-refractivity contribution is 5.93. The lowest BCUT2D eigenvalue weighted by molar-refractivity contribution is 0.0914. The summed E-state index contributed by atoms with van der Waals surface area (Å²) in [5.41, 5.74) is 4.54. The van der Waals surface area contributed by atoms with Gasteiger partial charge in [0, 0.05) is 23.7 Å². The fourth-order valence-electron chi connectivity index (χ4n) is 4.46. The molecule has 1 fully saturated rings. The van der Waals surface area contributed by atoms with Crippen LogP contribution in [0.4, 0.5) is 0 Å². The summed E-state index contributed by atoms with van der Waals surface area (Å²) in [6.45, 7) is 6.49. The number of likely N-dealkylation sites (tertiary alicyclic amines) is 1. The molecule has 34 heavy (non-hydrogen) atoms. The Bertz CT molecular complexity index is 1130. The van der Waals surface area contributed by atoms with Crippen molar-refractivity contribution in [2.45, 2.75) is 39.2 Å². The Morgan fingerprint density at radius 1 is 1.03 bits per heavy atom. The zero-order valence-corrected chi connectivity index (χ0v) is 20.4. The fraction of sp³-hybridized carbons (Fsp3) is 0.407. The monoisotopic (exact) mass is 463 g/mol. The van der Waals surface area contributed by atoms with Crippen molar-refractivity contribution in [1.82, 2.24) is 15.4 Å². The maximum Gasteiger partial charge on any atom is 0.273 e. The quantitative estimate of drug-likeness (QED) is 0.510. The van der Waals surface area contributed by atoms with E-state index in [1.807, 2.05) is 36.4 Å². The van der Waals surface area contributed by atoms with Crippen LogP contribution in [0.1, 0.15) is 52.5 Å². The summed E-state index contributed by atoms with van der Waals surface area (Å²) in [6, 6.07) is 13.5. The van der Waals surface area contributed by atoms with Crippen LogP contribution in [0.2, 0.25) is 0 Å². The number of methoxy groups -OCH3 is 2. The molecule has 0 bridgehead atoms. The number of ether oxygens (including phenoxy) is 2. The largest absolute Gasteiger partial charge is 0.497 e. The van der Waals surface area contributed by atoms with E-state index in [9.17, 15) is 4.79 Å². The van der Waals surface area contributed by atoms with Crippen molar-refractivity contribution in [3.05, 3.63) is 64.8 Å². The van der Waals surface area contributed by atoms with Crippen molar-refractivity contribution in [3.8, 4) is 22.8 Å². The Morgan fingerprint density at radius 2 is 1.82 bits per heavy atom. The molecule has 1 saturated heterocycles. The summed E-state index contributed by atoms with van der Waals surface area (Å²) in [7, 11) is 3.32. The molecule has 3 aromatic rings. The van der Waals surface area contributed by atoms with E-state index in [-0.39, 0.29) is 17.6 Å². The number of aromatic nitrogens is 1. The summed E-state index contributed by atoms with van der Waals surface area (Å²) < 4.78 is 16.6. The van der Waals surface area contributed by atoms with Crippen LogP contribution in [-0.4, -0.2) is 49.8 Å². The Hall–Kier alpha value is -3.32. The molecule has 1 N–H and O–H groups in total. The summed E-state index contributed by atoms with van der Waals surface area (Å²) in [5.74, 6) is 1.86. The van der Waals surface area contributed by atoms with Gasteiger partial charge in [-0.05, 0) is 75.2 Å². The smallest absolute Gasteiger partial charge is 0.273 e. The molecule has 0 unspecified atom stereocenters. The second kappa shape index (κ2) is 10.7. The molecule has 2 aromatic carbocycles. The van der Waals surface area contributed by atoms with Crippen molar-refractivity contribution < 1.29 is 18.8 Å². The van der Waals surface area contributed by atoms with Crippen LogP contribution in [0.3, 0.4) is 0 Å². The van der Waals surface area contributed by atoms with Crippen molar-refractivity contribution >= 4 is 5.91 Å². The zero-order chi connectivity index (χ0) is 24.1. The second-order valence-electron chi connectivity index (χ2n) is 8.81. The van der Waals surface area contributed by atoms with Gasteiger partial charge >= 0.3 is 0 Å². The summed E-state index contributed by atoms with van der Waals surface area (Å²) >= 11 is 0. The van der Waals surface area contributed by atoms with Crippen LogP contribution in [-0.2, 0) is 0 Å². The van der Waals surface area contributed by atoms with Gasteiger partial charge in [0.25, 0.3) is 5.91 Å². The van der Waals surface area contributed by atoms with Crippen LogP contribution >= 0.6 is 0 Å². The van der Waals surface area contributed by atoms with Gasteiger partial charge in [-0.15, -0.1) is 0 Å². The molecule has 7 nitrogen and oxygen atoms in total. The van der Waals surface area contributed by atoms with E-state index in [2.05, 4.69) is 29.2 Å². The number of amides is 1. The number of aryl methyl sites for hydroxylation is 2. The number of carbonyl (C=O) groups excluding carboxylic acids is 1. The first-order valence-electron chi connectivity index (χ1n) is 11.8. The molecule has 0 saturated carbocycles. The number of nitrogens with one attached hydrogen (secondary N) is 1. The summed E-state index contributed by atoms with van der Waals surface area (Å²) in [5, 5.41) is 7.09. The molecule has 0 spiro atoms. The number of hydrogen-bond acceptors (Lipinski definition) is 6. The third-order valence-corrected chi connectivity index (χ3v) is 6.62. The predicted molar refractivity (Wildman–Crippen MR) is 131 cm³/mol. The lowest BCUT2D eigenvalue weighted by Gasteiger charge is -2.35. The highest BCUT2D eigenvalue weighted by atomic mass is 16.5. The molecule has 1 aliphatic rings. The molecule has 1 amide bonds. The molecule has 0 aliphatic carbocycles. The van der Waals surface area contributed by atoms with Crippen LogP contribution in [0.5, 0.6) is 11.5 Å². The Labute approximate surface area is 201 Å². The van der Waals surface area contributed by atoms with E-state index in [1.54, 1.807) is 20.3 Å². The molecule has 1 atom stereocenters. The van der Waals surface area contributed by atoms with Crippen LogP contribution in [0.25, 0.3) is 11.3 Å². The molecule has 1 aliphatic heterocycles. The van der Waals surface area contributed by atoms with Crippen molar-refractivity contribution in [3.63, 3.8) is 0 Å². The van der Waals surface area contributed by atoms with Crippen LogP contribution in [0, 0.1) is 13.8 Å². The first kappa shape index (κ1) is 23.8. The normalized spacial score (nSPS) is 15.1. The molecule has 180 valence electrons. The number of carbonyl (C=O) groups is 1. The van der Waals surface area contributed by atoms with Crippen molar-refractivity contribution in [2.24, 2.45) is 0 Å². The summed E-state index contributed by atoms with van der Waals surface area (Å²) in [4.78, 5) is 15.4. The number of nitrogens with zero attached hydrogens (tertiary/aromatic N) is 2. The zero-order valence-electron chi connectivity index (χ0n) is 20.4. The van der Waals surface area contributed by atoms with Gasteiger partial charge in [-0.2, -0.15) is 0 Å². The predicted octanol–water partition coefficient (Wildman–Crippen LogP) is 4.93. The van der Waals surface area contributed by atoms with Gasteiger partial charge in [0.05, 0.1) is 20.3 Å². The van der Waals surface area contributed by atoms with Gasteiger partial charge in [0.2, 0.25) is 0 Å². The first-order valence-corrected chi connectivity index (χ1v) is 11.8. The minimum Gasteiger partial charge on any atom is -0.497 e. The number of piperidine rings is 1. The summed E-state index contributed by atoms with van der Waals surface area (Å²) in [6.07, 6.45) is 3.50. The molecular weight excluding hydrogens is 430 g/mol. The number of benzene rings is 2. The first-order chi connectivity index (χ1) is 16.5. The van der Waals surface area contributed by atoms with Crippen molar-refractivity contribution in [2.75, 3.05) is 33.9 Å². The van der Waals surface area contributed by atoms with E-state index in [1.165, 1.54) is 12.0 Å². The van der Waals surface area contributed by atoms with Crippen LogP contribution < -0.4 is 14.8 Å². The lowest BCUT2D eigenvalue weighted by atomic mass is 10.00. The third kappa shape index (κ3) is 5.25. The molecule has 1 aromatic heterocycles. The minimum absolute atomic E-state index is 0.0413. The van der Waals surface area contributed by atoms with Crippen LogP contribution in [0.15, 0.2) is 47.0 Å². The average molecular weight is 464 g/mol. The van der Waals surface area contributed by atoms with Gasteiger partial charge < -0.3 is 19.3 Å². The van der Waals surface area contributed by atoms with E-state index < -0.39 is 0 Å². The molecule has 7 heteroatoms. The molecule has 2 heterocycles. The molecular formula is C27H33N3O4. The number of hydrogen-bond donors (Lipinski definition) is 1. The SMILES string of the molecule is COc1ccc(OC)c([C@@H](CNC(=O)c2cc(-c3ccc(C)c(C)c3)on2)N2CCCCC2)c1. The van der Waals surface area contributed by atoms with E-state index in [4.69, 9.17) is 14.0 Å². The molecule has 4 rings (SSSR count). The standard InChI is InChI=1S/C27H33N3O4/c1-18-8-9-20(14-19(18)2)26-16-23(29-34-26)27(31)28-17-24(30-12-6-5-7-13-30)22-15-21(32-3)10-11-25(22)33-4/h8-11,14-16,24H,5-7,12-13,17H2,1-4H3,(H,28,31)/t24-/m1/s1. The van der Waals surface area contributed by atoms with Gasteiger partial charge in [-0.25, -0.2) is 0 Å². The average Bonchev–Trinajstić information content (AvgIpc) is 3.37. The molecule has 0 radical (unpaired) electrons. The number of rotatable bonds is 8.